The minimum atomic E-state index is 0.101. The van der Waals surface area contributed by atoms with Crippen molar-refractivity contribution in [3.05, 3.63) is 157 Å². The lowest BCUT2D eigenvalue weighted by Crippen LogP contribution is -2.50. The summed E-state index contributed by atoms with van der Waals surface area (Å²) in [6, 6.07) is 54.8. The molecule has 6 unspecified atom stereocenters. The minimum absolute atomic E-state index is 0.101. The van der Waals surface area contributed by atoms with Gasteiger partial charge in [-0.05, 0) is 138 Å². The summed E-state index contributed by atoms with van der Waals surface area (Å²) >= 11 is 0. The van der Waals surface area contributed by atoms with Gasteiger partial charge in [0, 0.05) is 33.2 Å². The van der Waals surface area contributed by atoms with E-state index in [1.807, 2.05) is 0 Å². The SMILES string of the molecule is c1ccc(N(c2ccc(-n3c4ccccc4c4ccccc43)cc2)c2cccc3c2C2(c4ccccc4-3)C3CC4CC5CC2C5(C4)C3)cc1. The summed E-state index contributed by atoms with van der Waals surface area (Å²) < 4.78 is 2.42. The normalized spacial score (nSPS) is 28.2. The van der Waals surface area contributed by atoms with Crippen LogP contribution in [0.2, 0.25) is 0 Å². The molecule has 7 aromatic rings. The van der Waals surface area contributed by atoms with E-state index in [1.165, 1.54) is 87.8 Å². The van der Waals surface area contributed by atoms with Crippen LogP contribution in [0.4, 0.5) is 17.1 Å². The quantitative estimate of drug-likeness (QED) is 0.188. The van der Waals surface area contributed by atoms with Crippen molar-refractivity contribution in [2.45, 2.75) is 37.5 Å². The average Bonchev–Trinajstić information content (AvgIpc) is 3.76. The molecule has 2 heteroatoms. The molecule has 0 radical (unpaired) electrons. The average molecular weight is 631 g/mol. The zero-order valence-corrected chi connectivity index (χ0v) is 27.6. The molecule has 12 rings (SSSR count). The van der Waals surface area contributed by atoms with Crippen molar-refractivity contribution in [3.8, 4) is 16.8 Å². The van der Waals surface area contributed by atoms with Crippen LogP contribution in [-0.2, 0) is 5.41 Å². The summed E-state index contributed by atoms with van der Waals surface area (Å²) in [4.78, 5) is 2.58. The van der Waals surface area contributed by atoms with Gasteiger partial charge in [0.2, 0.25) is 0 Å². The summed E-state index contributed by atoms with van der Waals surface area (Å²) in [7, 11) is 0. The highest BCUT2D eigenvalue weighted by atomic mass is 15.1. The van der Waals surface area contributed by atoms with Crippen molar-refractivity contribution in [2.75, 3.05) is 4.90 Å². The second-order valence-corrected chi connectivity index (χ2v) is 15.8. The number of rotatable bonds is 4. The molecule has 0 N–H and O–H groups in total. The topological polar surface area (TPSA) is 8.17 Å². The van der Waals surface area contributed by atoms with Gasteiger partial charge in [-0.25, -0.2) is 0 Å². The van der Waals surface area contributed by atoms with Gasteiger partial charge in [-0.2, -0.15) is 0 Å². The monoisotopic (exact) mass is 630 g/mol. The highest BCUT2D eigenvalue weighted by Crippen LogP contribution is 2.84. The Morgan fingerprint density at radius 2 is 1.18 bits per heavy atom. The van der Waals surface area contributed by atoms with E-state index in [1.54, 1.807) is 11.1 Å². The number of aromatic nitrogens is 1. The number of hydrogen-bond acceptors (Lipinski definition) is 1. The molecule has 0 aliphatic heterocycles. The van der Waals surface area contributed by atoms with E-state index < -0.39 is 0 Å². The van der Waals surface area contributed by atoms with E-state index >= 15 is 0 Å². The lowest BCUT2D eigenvalue weighted by Gasteiger charge is -2.55. The van der Waals surface area contributed by atoms with E-state index in [2.05, 4.69) is 155 Å². The second-order valence-electron chi connectivity index (χ2n) is 15.8. The molecular formula is C47H38N2. The molecule has 4 saturated carbocycles. The summed E-state index contributed by atoms with van der Waals surface area (Å²) in [5.74, 6) is 3.35. The van der Waals surface area contributed by atoms with Crippen LogP contribution < -0.4 is 4.90 Å². The molecule has 1 aromatic heterocycles. The van der Waals surface area contributed by atoms with Crippen LogP contribution in [0.5, 0.6) is 0 Å². The summed E-state index contributed by atoms with van der Waals surface area (Å²) in [5, 5.41) is 2.59. The van der Waals surface area contributed by atoms with E-state index in [9.17, 15) is 0 Å². The Morgan fingerprint density at radius 3 is 1.98 bits per heavy atom. The molecule has 0 saturated heterocycles. The Morgan fingerprint density at radius 1 is 0.531 bits per heavy atom. The Kier molecular flexibility index (Phi) is 5.11. The van der Waals surface area contributed by atoms with Gasteiger partial charge in [-0.3, -0.25) is 0 Å². The Bertz CT molecular complexity index is 2420. The van der Waals surface area contributed by atoms with Crippen molar-refractivity contribution in [3.63, 3.8) is 0 Å². The first-order valence-corrected chi connectivity index (χ1v) is 18.4. The second kappa shape index (κ2) is 9.33. The molecule has 3 bridgehead atoms. The fourth-order valence-electron chi connectivity index (χ4n) is 12.7. The number of nitrogens with zero attached hydrogens (tertiary/aromatic N) is 2. The van der Waals surface area contributed by atoms with Crippen molar-refractivity contribution >= 4 is 38.9 Å². The minimum Gasteiger partial charge on any atom is -0.310 e. The van der Waals surface area contributed by atoms with Gasteiger partial charge in [-0.1, -0.05) is 91.0 Å². The van der Waals surface area contributed by atoms with Crippen LogP contribution in [0.3, 0.4) is 0 Å². The van der Waals surface area contributed by atoms with Gasteiger partial charge in [0.05, 0.1) is 16.7 Å². The van der Waals surface area contributed by atoms with Gasteiger partial charge in [0.15, 0.2) is 0 Å². The van der Waals surface area contributed by atoms with Crippen molar-refractivity contribution in [2.24, 2.45) is 29.1 Å². The van der Waals surface area contributed by atoms with Crippen LogP contribution >= 0.6 is 0 Å². The van der Waals surface area contributed by atoms with E-state index in [0.717, 1.165) is 23.7 Å². The van der Waals surface area contributed by atoms with Crippen LogP contribution in [0, 0.1) is 29.1 Å². The van der Waals surface area contributed by atoms with Gasteiger partial charge < -0.3 is 9.47 Å². The molecule has 49 heavy (non-hydrogen) atoms. The summed E-state index contributed by atoms with van der Waals surface area (Å²) in [5.41, 5.74) is 14.4. The summed E-state index contributed by atoms with van der Waals surface area (Å²) in [6.45, 7) is 0. The van der Waals surface area contributed by atoms with Crippen molar-refractivity contribution in [1.82, 2.24) is 4.57 Å². The van der Waals surface area contributed by atoms with Gasteiger partial charge in [-0.15, -0.1) is 0 Å². The highest BCUT2D eigenvalue weighted by Gasteiger charge is 2.77. The third kappa shape index (κ3) is 3.20. The standard InChI is InChI=1S/C47H38N2/c1-2-11-33(12-3-1)48(34-21-23-35(24-22-34)49-41-18-8-5-14-37(41)38-15-6-9-19-42(38)49)43-20-10-16-39-36-13-4-7-17-40(36)47(45(39)43)32-26-30-25-31-27-44(47)46(31,28-30)29-32/h1-24,30-32,44H,25-29H2. The molecule has 6 atom stereocenters. The summed E-state index contributed by atoms with van der Waals surface area (Å²) in [6.07, 6.45) is 7.21. The van der Waals surface area contributed by atoms with Gasteiger partial charge in [0.25, 0.3) is 0 Å². The lowest BCUT2D eigenvalue weighted by molar-refractivity contribution is -0.0193. The lowest BCUT2D eigenvalue weighted by atomic mass is 9.49. The molecule has 1 heterocycles. The molecule has 236 valence electrons. The number of para-hydroxylation sites is 3. The first-order valence-electron chi connectivity index (χ1n) is 18.4. The maximum Gasteiger partial charge on any atom is 0.0541 e. The fourth-order valence-corrected chi connectivity index (χ4v) is 12.7. The maximum absolute atomic E-state index is 2.58. The number of fused-ring (bicyclic) bond motifs is 12. The zero-order chi connectivity index (χ0) is 31.9. The van der Waals surface area contributed by atoms with Crippen molar-refractivity contribution < 1.29 is 0 Å². The van der Waals surface area contributed by atoms with Crippen LogP contribution in [0.1, 0.15) is 43.2 Å². The molecule has 2 spiro atoms. The largest absolute Gasteiger partial charge is 0.310 e. The Hall–Kier alpha value is -5.08. The van der Waals surface area contributed by atoms with Gasteiger partial charge >= 0.3 is 0 Å². The first-order chi connectivity index (χ1) is 24.3. The predicted molar refractivity (Wildman–Crippen MR) is 201 cm³/mol. The van der Waals surface area contributed by atoms with E-state index in [0.29, 0.717) is 5.41 Å². The third-order valence-electron chi connectivity index (χ3n) is 14.1. The van der Waals surface area contributed by atoms with Gasteiger partial charge in [0.1, 0.15) is 0 Å². The zero-order valence-electron chi connectivity index (χ0n) is 27.6. The first kappa shape index (κ1) is 26.8. The smallest absolute Gasteiger partial charge is 0.0541 e. The predicted octanol–water partition coefficient (Wildman–Crippen LogP) is 12.0. The molecule has 6 aromatic carbocycles. The molecule has 5 aliphatic carbocycles. The fraction of sp³-hybridized carbons (Fsp3) is 0.234. The highest BCUT2D eigenvalue weighted by molar-refractivity contribution is 6.09. The maximum atomic E-state index is 2.58. The Balaban J connectivity index is 1.07. The van der Waals surface area contributed by atoms with Crippen molar-refractivity contribution in [1.29, 1.82) is 0 Å². The third-order valence-corrected chi connectivity index (χ3v) is 14.1. The van der Waals surface area contributed by atoms with E-state index in [-0.39, 0.29) is 5.41 Å². The van der Waals surface area contributed by atoms with E-state index in [4.69, 9.17) is 0 Å². The Labute approximate surface area is 287 Å². The number of benzene rings is 6. The van der Waals surface area contributed by atoms with Crippen LogP contribution in [0.25, 0.3) is 38.6 Å². The number of anilines is 3. The molecule has 5 aliphatic rings. The van der Waals surface area contributed by atoms with Crippen LogP contribution in [-0.4, -0.2) is 4.57 Å². The number of hydrogen-bond donors (Lipinski definition) is 0. The molecular weight excluding hydrogens is 593 g/mol. The molecule has 0 amide bonds. The molecule has 2 nitrogen and oxygen atoms in total. The van der Waals surface area contributed by atoms with Crippen LogP contribution in [0.15, 0.2) is 146 Å². The molecule has 4 fully saturated rings.